The molecule has 0 saturated carbocycles. The van der Waals surface area contributed by atoms with Crippen molar-refractivity contribution in [2.75, 3.05) is 27.2 Å². The second-order valence-corrected chi connectivity index (χ2v) is 8.55. The lowest BCUT2D eigenvalue weighted by Crippen LogP contribution is -2.35. The summed E-state index contributed by atoms with van der Waals surface area (Å²) in [4.78, 5) is 20.1. The van der Waals surface area contributed by atoms with Crippen LogP contribution in [0.1, 0.15) is 39.5 Å². The second-order valence-electron chi connectivity index (χ2n) is 8.16. The van der Waals surface area contributed by atoms with Crippen molar-refractivity contribution in [3.05, 3.63) is 77.3 Å². The molecular weight excluding hydrogens is 424 g/mol. The van der Waals surface area contributed by atoms with Gasteiger partial charge in [-0.3, -0.25) is 4.98 Å². The maximum atomic E-state index is 11.3. The third-order valence-corrected chi connectivity index (χ3v) is 6.00. The second kappa shape index (κ2) is 9.10. The Morgan fingerprint density at radius 2 is 2.06 bits per heavy atom. The molecule has 2 atom stereocenters. The molecule has 1 aromatic carbocycles. The zero-order chi connectivity index (χ0) is 22.8. The molecule has 0 aliphatic carbocycles. The van der Waals surface area contributed by atoms with Gasteiger partial charge in [0.2, 0.25) is 0 Å². The van der Waals surface area contributed by atoms with E-state index in [4.69, 9.17) is 16.6 Å². The van der Waals surface area contributed by atoms with Gasteiger partial charge in [0.1, 0.15) is 17.6 Å². The molecule has 2 aromatic heterocycles. The van der Waals surface area contributed by atoms with Gasteiger partial charge in [0.05, 0.1) is 17.3 Å². The van der Waals surface area contributed by atoms with Gasteiger partial charge in [0.15, 0.2) is 5.11 Å². The van der Waals surface area contributed by atoms with Crippen LogP contribution in [0.4, 0.5) is 0 Å². The summed E-state index contributed by atoms with van der Waals surface area (Å²) in [6.07, 6.45) is 1.78. The number of nitrogens with zero attached hydrogens (tertiary/aromatic N) is 3. The van der Waals surface area contributed by atoms with E-state index in [1.807, 2.05) is 51.4 Å². The number of aromatic nitrogens is 1. The average molecular weight is 451 g/mol. The highest BCUT2D eigenvalue weighted by atomic mass is 32.1. The highest BCUT2D eigenvalue weighted by Crippen LogP contribution is 2.40. The van der Waals surface area contributed by atoms with Crippen molar-refractivity contribution in [1.82, 2.24) is 20.1 Å². The number of aromatic carboxylic acids is 1. The van der Waals surface area contributed by atoms with Crippen LogP contribution in [0.2, 0.25) is 0 Å². The fourth-order valence-corrected chi connectivity index (χ4v) is 4.32. The number of benzene rings is 1. The number of hydrogen-bond donors (Lipinski definition) is 2. The van der Waals surface area contributed by atoms with Gasteiger partial charge in [-0.2, -0.15) is 0 Å². The van der Waals surface area contributed by atoms with Crippen LogP contribution in [0.3, 0.4) is 0 Å². The predicted molar refractivity (Wildman–Crippen MR) is 127 cm³/mol. The summed E-state index contributed by atoms with van der Waals surface area (Å²) < 4.78 is 6.34. The summed E-state index contributed by atoms with van der Waals surface area (Å²) in [5.41, 5.74) is 2.86. The molecule has 1 aliphatic rings. The number of nitrogens with one attached hydrogen (secondary N) is 1. The zero-order valence-corrected chi connectivity index (χ0v) is 19.1. The van der Waals surface area contributed by atoms with E-state index in [2.05, 4.69) is 20.1 Å². The van der Waals surface area contributed by atoms with Crippen LogP contribution in [0.5, 0.6) is 0 Å². The Labute approximate surface area is 192 Å². The first-order valence-electron chi connectivity index (χ1n) is 10.4. The first-order valence-corrected chi connectivity index (χ1v) is 10.8. The molecular formula is C24H26N4O3S. The number of thiocarbonyl (C=S) groups is 1. The van der Waals surface area contributed by atoms with E-state index in [9.17, 15) is 9.90 Å². The van der Waals surface area contributed by atoms with E-state index in [1.54, 1.807) is 24.4 Å². The van der Waals surface area contributed by atoms with Crippen molar-refractivity contribution in [2.24, 2.45) is 0 Å². The molecule has 3 heterocycles. The van der Waals surface area contributed by atoms with Crippen LogP contribution in [0, 0.1) is 6.92 Å². The first kappa shape index (κ1) is 22.0. The number of hydrogen-bond acceptors (Lipinski definition) is 5. The van der Waals surface area contributed by atoms with Gasteiger partial charge in [-0.05, 0) is 75.2 Å². The van der Waals surface area contributed by atoms with Crippen LogP contribution in [0.25, 0.3) is 11.3 Å². The molecule has 7 nitrogen and oxygen atoms in total. The third kappa shape index (κ3) is 4.37. The van der Waals surface area contributed by atoms with Crippen molar-refractivity contribution < 1.29 is 14.3 Å². The number of aryl methyl sites for hydroxylation is 1. The molecule has 0 radical (unpaired) electrons. The lowest BCUT2D eigenvalue weighted by atomic mass is 10.0. The summed E-state index contributed by atoms with van der Waals surface area (Å²) in [7, 11) is 4.07. The van der Waals surface area contributed by atoms with E-state index >= 15 is 0 Å². The van der Waals surface area contributed by atoms with Gasteiger partial charge < -0.3 is 24.6 Å². The number of carboxylic acids is 1. The smallest absolute Gasteiger partial charge is 0.335 e. The molecule has 2 N–H and O–H groups in total. The van der Waals surface area contributed by atoms with E-state index in [-0.39, 0.29) is 17.6 Å². The molecule has 1 saturated heterocycles. The minimum atomic E-state index is -0.944. The molecule has 0 spiro atoms. The third-order valence-electron chi connectivity index (χ3n) is 5.64. The number of pyridine rings is 1. The van der Waals surface area contributed by atoms with Crippen LogP contribution in [0.15, 0.2) is 59.1 Å². The van der Waals surface area contributed by atoms with Crippen molar-refractivity contribution in [1.29, 1.82) is 0 Å². The first-order chi connectivity index (χ1) is 15.3. The lowest BCUT2D eigenvalue weighted by Gasteiger charge is -2.27. The Kier molecular flexibility index (Phi) is 6.25. The monoisotopic (exact) mass is 450 g/mol. The molecule has 166 valence electrons. The summed E-state index contributed by atoms with van der Waals surface area (Å²) >= 11 is 5.68. The largest absolute Gasteiger partial charge is 0.478 e. The van der Waals surface area contributed by atoms with E-state index in [1.165, 1.54) is 0 Å². The number of carbonyl (C=O) groups is 1. The molecule has 1 fully saturated rings. The van der Waals surface area contributed by atoms with Crippen molar-refractivity contribution in [2.45, 2.75) is 19.0 Å². The SMILES string of the molecule is Cc1cc(C(=O)O)ccc1-c1ccc(C2C(c3ccccn3)NC(=S)N2CCN(C)C)o1. The standard InChI is InChI=1S/C24H26N4O3S/c1-15-14-16(23(29)30)7-8-17(15)19-9-10-20(31-19)22-21(18-6-4-5-11-25-18)26-24(32)28(22)13-12-27(2)3/h4-11,14,21-22H,12-13H2,1-3H3,(H,26,32)(H,29,30). The van der Waals surface area contributed by atoms with Gasteiger partial charge >= 0.3 is 5.97 Å². The van der Waals surface area contributed by atoms with E-state index in [0.717, 1.165) is 35.7 Å². The highest BCUT2D eigenvalue weighted by Gasteiger charge is 2.41. The molecule has 3 aromatic rings. The van der Waals surface area contributed by atoms with Crippen LogP contribution in [-0.4, -0.2) is 58.2 Å². The minimum absolute atomic E-state index is 0.139. The maximum Gasteiger partial charge on any atom is 0.335 e. The van der Waals surface area contributed by atoms with Gasteiger partial charge in [-0.25, -0.2) is 4.79 Å². The van der Waals surface area contributed by atoms with E-state index in [0.29, 0.717) is 10.9 Å². The Morgan fingerprint density at radius 1 is 1.25 bits per heavy atom. The normalized spacial score (nSPS) is 18.2. The lowest BCUT2D eigenvalue weighted by molar-refractivity contribution is 0.0697. The number of carboxylic acid groups (broad SMARTS) is 1. The van der Waals surface area contributed by atoms with Crippen LogP contribution >= 0.6 is 12.2 Å². The molecule has 0 amide bonds. The fourth-order valence-electron chi connectivity index (χ4n) is 3.99. The topological polar surface area (TPSA) is 81.8 Å². The molecule has 2 unspecified atom stereocenters. The number of furan rings is 1. The minimum Gasteiger partial charge on any atom is -0.478 e. The Hall–Kier alpha value is -3.23. The quantitative estimate of drug-likeness (QED) is 0.525. The van der Waals surface area contributed by atoms with Crippen LogP contribution in [-0.2, 0) is 0 Å². The predicted octanol–water partition coefficient (Wildman–Crippen LogP) is 3.88. The van der Waals surface area contributed by atoms with Crippen molar-refractivity contribution in [3.63, 3.8) is 0 Å². The molecule has 0 bridgehead atoms. The molecule has 1 aliphatic heterocycles. The van der Waals surface area contributed by atoms with Gasteiger partial charge in [0, 0.05) is 24.8 Å². The fraction of sp³-hybridized carbons (Fsp3) is 0.292. The average Bonchev–Trinajstić information content (AvgIpc) is 3.37. The Morgan fingerprint density at radius 3 is 2.72 bits per heavy atom. The summed E-state index contributed by atoms with van der Waals surface area (Å²) in [6.45, 7) is 3.47. The summed E-state index contributed by atoms with van der Waals surface area (Å²) in [6, 6.07) is 14.5. The van der Waals surface area contributed by atoms with Gasteiger partial charge in [0.25, 0.3) is 0 Å². The van der Waals surface area contributed by atoms with Crippen molar-refractivity contribution in [3.8, 4) is 11.3 Å². The summed E-state index contributed by atoms with van der Waals surface area (Å²) in [5, 5.41) is 13.3. The van der Waals surface area contributed by atoms with E-state index < -0.39 is 5.97 Å². The number of rotatable bonds is 7. The van der Waals surface area contributed by atoms with Gasteiger partial charge in [-0.1, -0.05) is 12.1 Å². The molecule has 4 rings (SSSR count). The maximum absolute atomic E-state index is 11.3. The molecule has 8 heteroatoms. The Balaban J connectivity index is 1.70. The summed E-state index contributed by atoms with van der Waals surface area (Å²) in [5.74, 6) is 0.531. The van der Waals surface area contributed by atoms with Crippen LogP contribution < -0.4 is 5.32 Å². The highest BCUT2D eigenvalue weighted by molar-refractivity contribution is 7.80. The zero-order valence-electron chi connectivity index (χ0n) is 18.3. The number of likely N-dealkylation sites (N-methyl/N-ethyl adjacent to an activating group) is 1. The van der Waals surface area contributed by atoms with Crippen molar-refractivity contribution >= 4 is 23.3 Å². The van der Waals surface area contributed by atoms with Gasteiger partial charge in [-0.15, -0.1) is 0 Å². The Bertz CT molecular complexity index is 1130. The molecule has 32 heavy (non-hydrogen) atoms.